The van der Waals surface area contributed by atoms with Crippen molar-refractivity contribution in [3.63, 3.8) is 0 Å². The molecule has 1 saturated heterocycles. The summed E-state index contributed by atoms with van der Waals surface area (Å²) in [6.45, 7) is 9.04. The van der Waals surface area contributed by atoms with Gasteiger partial charge in [-0.2, -0.15) is 0 Å². The zero-order chi connectivity index (χ0) is 16.6. The molecule has 1 aromatic carbocycles. The predicted molar refractivity (Wildman–Crippen MR) is 95.5 cm³/mol. The first kappa shape index (κ1) is 17.0. The van der Waals surface area contributed by atoms with Gasteiger partial charge in [-0.25, -0.2) is 0 Å². The highest BCUT2D eigenvalue weighted by atomic mass is 16.5. The summed E-state index contributed by atoms with van der Waals surface area (Å²) in [6.07, 6.45) is 1.91. The van der Waals surface area contributed by atoms with Crippen LogP contribution >= 0.6 is 0 Å². The van der Waals surface area contributed by atoms with Crippen molar-refractivity contribution in [1.82, 2.24) is 10.1 Å². The number of hydrogen-bond donors (Lipinski definition) is 0. The molecule has 3 rings (SSSR count). The molecule has 1 fully saturated rings. The summed E-state index contributed by atoms with van der Waals surface area (Å²) in [5.41, 5.74) is 2.31. The van der Waals surface area contributed by atoms with Crippen LogP contribution in [-0.4, -0.2) is 56.0 Å². The molecule has 5 heteroatoms. The maximum absolute atomic E-state index is 5.71. The predicted octanol–water partition coefficient (Wildman–Crippen LogP) is 2.75. The number of anilines is 1. The first-order valence-electron chi connectivity index (χ1n) is 8.83. The molecule has 0 aliphatic carbocycles. The molecule has 0 saturated carbocycles. The number of aryl methyl sites for hydroxylation is 1. The Hall–Kier alpha value is -1.85. The number of para-hydroxylation sites is 1. The Bertz CT molecular complexity index is 592. The highest BCUT2D eigenvalue weighted by Crippen LogP contribution is 2.15. The maximum atomic E-state index is 5.71. The Balaban J connectivity index is 1.25. The summed E-state index contributed by atoms with van der Waals surface area (Å²) in [5, 5.41) is 3.97. The van der Waals surface area contributed by atoms with Crippen LogP contribution < -0.4 is 4.90 Å². The van der Waals surface area contributed by atoms with Crippen LogP contribution in [0.4, 0.5) is 5.69 Å². The Morgan fingerprint density at radius 1 is 1.08 bits per heavy atom. The Kier molecular flexibility index (Phi) is 6.26. The fourth-order valence-corrected chi connectivity index (χ4v) is 3.07. The van der Waals surface area contributed by atoms with Crippen molar-refractivity contribution in [2.24, 2.45) is 0 Å². The fraction of sp³-hybridized carbons (Fsp3) is 0.526. The van der Waals surface area contributed by atoms with E-state index in [0.717, 1.165) is 63.6 Å². The molecule has 0 atom stereocenters. The summed E-state index contributed by atoms with van der Waals surface area (Å²) in [5.74, 6) is 0.861. The number of rotatable bonds is 8. The van der Waals surface area contributed by atoms with E-state index in [9.17, 15) is 0 Å². The van der Waals surface area contributed by atoms with E-state index >= 15 is 0 Å². The lowest BCUT2D eigenvalue weighted by Gasteiger charge is -2.36. The molecule has 0 amide bonds. The van der Waals surface area contributed by atoms with Gasteiger partial charge in [0.1, 0.15) is 5.76 Å². The molecule has 1 aliphatic heterocycles. The standard InChI is InChI=1S/C19H27N3O2/c1-17-16-18(20-24-17)8-15-23-14-5-9-21-10-12-22(13-11-21)19-6-3-2-4-7-19/h2-4,6-7,16H,5,8-15H2,1H3. The van der Waals surface area contributed by atoms with Gasteiger partial charge in [0.15, 0.2) is 0 Å². The molecule has 1 aromatic heterocycles. The number of hydrogen-bond acceptors (Lipinski definition) is 5. The van der Waals surface area contributed by atoms with Gasteiger partial charge in [0, 0.05) is 57.5 Å². The number of ether oxygens (including phenoxy) is 1. The van der Waals surface area contributed by atoms with Crippen LogP contribution in [0.15, 0.2) is 40.9 Å². The fourth-order valence-electron chi connectivity index (χ4n) is 3.07. The number of piperazine rings is 1. The molecule has 2 heterocycles. The summed E-state index contributed by atoms with van der Waals surface area (Å²) < 4.78 is 10.8. The van der Waals surface area contributed by atoms with Crippen LogP contribution in [0.2, 0.25) is 0 Å². The van der Waals surface area contributed by atoms with Crippen molar-refractivity contribution in [3.05, 3.63) is 47.9 Å². The highest BCUT2D eigenvalue weighted by Gasteiger charge is 2.16. The van der Waals surface area contributed by atoms with Gasteiger partial charge < -0.3 is 14.2 Å². The number of benzene rings is 1. The van der Waals surface area contributed by atoms with Crippen molar-refractivity contribution < 1.29 is 9.26 Å². The van der Waals surface area contributed by atoms with Crippen LogP contribution in [0.5, 0.6) is 0 Å². The molecule has 5 nitrogen and oxygen atoms in total. The van der Waals surface area contributed by atoms with Gasteiger partial charge in [-0.3, -0.25) is 4.90 Å². The van der Waals surface area contributed by atoms with Gasteiger partial charge in [0.2, 0.25) is 0 Å². The molecule has 2 aromatic rings. The van der Waals surface area contributed by atoms with Gasteiger partial charge >= 0.3 is 0 Å². The molecule has 0 spiro atoms. The van der Waals surface area contributed by atoms with E-state index in [0.29, 0.717) is 6.61 Å². The summed E-state index contributed by atoms with van der Waals surface area (Å²) in [6, 6.07) is 12.7. The van der Waals surface area contributed by atoms with Crippen molar-refractivity contribution >= 4 is 5.69 Å². The zero-order valence-corrected chi connectivity index (χ0v) is 14.5. The Morgan fingerprint density at radius 3 is 2.58 bits per heavy atom. The molecule has 0 bridgehead atoms. The lowest BCUT2D eigenvalue weighted by atomic mass is 10.2. The Morgan fingerprint density at radius 2 is 1.88 bits per heavy atom. The van der Waals surface area contributed by atoms with Crippen LogP contribution in [-0.2, 0) is 11.2 Å². The van der Waals surface area contributed by atoms with Crippen molar-refractivity contribution in [1.29, 1.82) is 0 Å². The van der Waals surface area contributed by atoms with E-state index in [1.807, 2.05) is 13.0 Å². The summed E-state index contributed by atoms with van der Waals surface area (Å²) in [4.78, 5) is 5.00. The van der Waals surface area contributed by atoms with Gasteiger partial charge in [0.05, 0.1) is 12.3 Å². The minimum absolute atomic E-state index is 0.716. The minimum atomic E-state index is 0.716. The molecular weight excluding hydrogens is 302 g/mol. The smallest absolute Gasteiger partial charge is 0.133 e. The lowest BCUT2D eigenvalue weighted by Crippen LogP contribution is -2.46. The van der Waals surface area contributed by atoms with Crippen molar-refractivity contribution in [2.75, 3.05) is 50.8 Å². The Labute approximate surface area is 144 Å². The molecule has 0 radical (unpaired) electrons. The first-order valence-corrected chi connectivity index (χ1v) is 8.83. The van der Waals surface area contributed by atoms with Crippen molar-refractivity contribution in [2.45, 2.75) is 19.8 Å². The van der Waals surface area contributed by atoms with E-state index < -0.39 is 0 Å². The van der Waals surface area contributed by atoms with Crippen LogP contribution in [0.3, 0.4) is 0 Å². The van der Waals surface area contributed by atoms with Crippen LogP contribution in [0.1, 0.15) is 17.9 Å². The zero-order valence-electron chi connectivity index (χ0n) is 14.5. The molecular formula is C19H27N3O2. The molecule has 130 valence electrons. The average Bonchev–Trinajstić information content (AvgIpc) is 3.04. The van der Waals surface area contributed by atoms with Crippen LogP contribution in [0.25, 0.3) is 0 Å². The van der Waals surface area contributed by atoms with E-state index in [1.165, 1.54) is 5.69 Å². The quantitative estimate of drug-likeness (QED) is 0.697. The van der Waals surface area contributed by atoms with Gasteiger partial charge in [-0.15, -0.1) is 0 Å². The summed E-state index contributed by atoms with van der Waals surface area (Å²) >= 11 is 0. The normalized spacial score (nSPS) is 15.8. The van der Waals surface area contributed by atoms with Gasteiger partial charge in [-0.1, -0.05) is 23.4 Å². The second kappa shape index (κ2) is 8.85. The van der Waals surface area contributed by atoms with Gasteiger partial charge in [-0.05, 0) is 25.5 Å². The monoisotopic (exact) mass is 329 g/mol. The third-order valence-electron chi connectivity index (χ3n) is 4.44. The minimum Gasteiger partial charge on any atom is -0.381 e. The SMILES string of the molecule is Cc1cc(CCOCCCN2CCN(c3ccccc3)CC2)no1. The molecule has 0 N–H and O–H groups in total. The van der Waals surface area contributed by atoms with Crippen molar-refractivity contribution in [3.8, 4) is 0 Å². The van der Waals surface area contributed by atoms with E-state index in [4.69, 9.17) is 9.26 Å². The third kappa shape index (κ3) is 5.08. The topological polar surface area (TPSA) is 41.7 Å². The van der Waals surface area contributed by atoms with E-state index in [2.05, 4.69) is 45.3 Å². The summed E-state index contributed by atoms with van der Waals surface area (Å²) in [7, 11) is 0. The lowest BCUT2D eigenvalue weighted by molar-refractivity contribution is 0.121. The van der Waals surface area contributed by atoms with Crippen LogP contribution in [0, 0.1) is 6.92 Å². The van der Waals surface area contributed by atoms with E-state index in [1.54, 1.807) is 0 Å². The second-order valence-corrected chi connectivity index (χ2v) is 6.31. The highest BCUT2D eigenvalue weighted by molar-refractivity contribution is 5.46. The number of aromatic nitrogens is 1. The number of nitrogens with zero attached hydrogens (tertiary/aromatic N) is 3. The second-order valence-electron chi connectivity index (χ2n) is 6.31. The van der Waals surface area contributed by atoms with E-state index in [-0.39, 0.29) is 0 Å². The molecule has 1 aliphatic rings. The largest absolute Gasteiger partial charge is 0.381 e. The van der Waals surface area contributed by atoms with Gasteiger partial charge in [0.25, 0.3) is 0 Å². The third-order valence-corrected chi connectivity index (χ3v) is 4.44. The maximum Gasteiger partial charge on any atom is 0.133 e. The molecule has 0 unspecified atom stereocenters. The first-order chi connectivity index (χ1) is 11.8. The molecule has 24 heavy (non-hydrogen) atoms. The average molecular weight is 329 g/mol.